The van der Waals surface area contributed by atoms with Gasteiger partial charge in [-0.2, -0.15) is 13.2 Å². The first-order valence-corrected chi connectivity index (χ1v) is 5.00. The van der Waals surface area contributed by atoms with Gasteiger partial charge in [0.2, 0.25) is 0 Å². The molecule has 0 amide bonds. The predicted molar refractivity (Wildman–Crippen MR) is 57.2 cm³/mol. The van der Waals surface area contributed by atoms with Crippen LogP contribution < -0.4 is 0 Å². The third kappa shape index (κ3) is 7.06. The van der Waals surface area contributed by atoms with Crippen LogP contribution in [0.1, 0.15) is 12.1 Å². The maximum Gasteiger partial charge on any atom is 0.490 e. The highest BCUT2D eigenvalue weighted by atomic mass is 19.4. The van der Waals surface area contributed by atoms with Gasteiger partial charge in [0.05, 0.1) is 19.9 Å². The summed E-state index contributed by atoms with van der Waals surface area (Å²) in [7, 11) is 3.30. The fraction of sp³-hybridized carbons (Fsp3) is 0.500. The summed E-state index contributed by atoms with van der Waals surface area (Å²) < 4.78 is 38.1. The van der Waals surface area contributed by atoms with E-state index in [4.69, 9.17) is 9.90 Å². The highest BCUT2D eigenvalue weighted by Gasteiger charge is 2.38. The van der Waals surface area contributed by atoms with Crippen LogP contribution in [0.2, 0.25) is 0 Å². The van der Waals surface area contributed by atoms with Crippen LogP contribution in [-0.2, 0) is 27.8 Å². The number of methoxy groups -OCH3 is 1. The minimum Gasteiger partial charge on any atom is -0.475 e. The second-order valence-electron chi connectivity index (χ2n) is 3.37. The molecule has 0 saturated carbocycles. The van der Waals surface area contributed by atoms with E-state index >= 15 is 0 Å². The number of imidazole rings is 1. The minimum absolute atomic E-state index is 0.184. The number of carboxylic acid groups (broad SMARTS) is 1. The Morgan fingerprint density at radius 1 is 1.47 bits per heavy atom. The summed E-state index contributed by atoms with van der Waals surface area (Å²) in [5, 5.41) is 7.12. The van der Waals surface area contributed by atoms with Crippen LogP contribution in [0.25, 0.3) is 0 Å². The van der Waals surface area contributed by atoms with E-state index in [2.05, 4.69) is 9.72 Å². The summed E-state index contributed by atoms with van der Waals surface area (Å²) in [5.41, 5.74) is 1.04. The van der Waals surface area contributed by atoms with Crippen molar-refractivity contribution in [1.29, 1.82) is 0 Å². The van der Waals surface area contributed by atoms with Gasteiger partial charge < -0.3 is 14.4 Å². The van der Waals surface area contributed by atoms with E-state index in [0.29, 0.717) is 12.8 Å². The molecule has 0 aliphatic heterocycles. The lowest BCUT2D eigenvalue weighted by Gasteiger charge is -2.00. The number of carbonyl (C=O) groups is 2. The van der Waals surface area contributed by atoms with E-state index in [0.717, 1.165) is 5.69 Å². The zero-order valence-corrected chi connectivity index (χ0v) is 10.3. The molecule has 0 aliphatic rings. The van der Waals surface area contributed by atoms with Gasteiger partial charge >= 0.3 is 18.1 Å². The normalized spacial score (nSPS) is 10.4. The predicted octanol–water partition coefficient (Wildman–Crippen LogP) is 1.16. The van der Waals surface area contributed by atoms with Crippen molar-refractivity contribution in [3.8, 4) is 0 Å². The SMILES string of the molecule is COC(=O)CCc1cncn1C.O=C(O)C(F)(F)F. The molecule has 1 N–H and O–H groups in total. The van der Waals surface area contributed by atoms with Gasteiger partial charge in [-0.05, 0) is 6.42 Å². The van der Waals surface area contributed by atoms with Gasteiger partial charge in [-0.3, -0.25) is 4.79 Å². The Kier molecular flexibility index (Phi) is 6.59. The zero-order chi connectivity index (χ0) is 15.1. The lowest BCUT2D eigenvalue weighted by molar-refractivity contribution is -0.192. The highest BCUT2D eigenvalue weighted by molar-refractivity contribution is 5.73. The summed E-state index contributed by atoms with van der Waals surface area (Å²) >= 11 is 0. The van der Waals surface area contributed by atoms with Crippen LogP contribution in [0, 0.1) is 0 Å². The first-order chi connectivity index (χ1) is 8.68. The first-order valence-electron chi connectivity index (χ1n) is 5.00. The van der Waals surface area contributed by atoms with Crippen molar-refractivity contribution >= 4 is 11.9 Å². The van der Waals surface area contributed by atoms with E-state index in [1.54, 1.807) is 12.5 Å². The fourth-order valence-corrected chi connectivity index (χ4v) is 0.958. The van der Waals surface area contributed by atoms with Crippen molar-refractivity contribution in [2.45, 2.75) is 19.0 Å². The van der Waals surface area contributed by atoms with E-state index in [9.17, 15) is 18.0 Å². The Bertz CT molecular complexity index is 429. The molecule has 0 radical (unpaired) electrons. The van der Waals surface area contributed by atoms with Gasteiger partial charge in [-0.15, -0.1) is 0 Å². The number of hydrogen-bond acceptors (Lipinski definition) is 4. The zero-order valence-electron chi connectivity index (χ0n) is 10.3. The van der Waals surface area contributed by atoms with Crippen molar-refractivity contribution in [3.05, 3.63) is 18.2 Å². The number of ether oxygens (including phenoxy) is 1. The number of carboxylic acids is 1. The number of nitrogens with zero attached hydrogens (tertiary/aromatic N) is 2. The van der Waals surface area contributed by atoms with Crippen molar-refractivity contribution < 1.29 is 32.6 Å². The van der Waals surface area contributed by atoms with Crippen LogP contribution in [0.15, 0.2) is 12.5 Å². The molecule has 0 unspecified atom stereocenters. The number of hydrogen-bond donors (Lipinski definition) is 1. The summed E-state index contributed by atoms with van der Waals surface area (Å²) in [6, 6.07) is 0. The monoisotopic (exact) mass is 282 g/mol. The Balaban J connectivity index is 0.000000399. The van der Waals surface area contributed by atoms with Gasteiger partial charge in [0.1, 0.15) is 0 Å². The van der Waals surface area contributed by atoms with Crippen LogP contribution in [-0.4, -0.2) is 39.9 Å². The molecule has 0 spiro atoms. The second kappa shape index (κ2) is 7.39. The first kappa shape index (κ1) is 16.9. The van der Waals surface area contributed by atoms with Gasteiger partial charge in [0.25, 0.3) is 0 Å². The number of alkyl halides is 3. The molecule has 19 heavy (non-hydrogen) atoms. The third-order valence-corrected chi connectivity index (χ3v) is 1.97. The second-order valence-corrected chi connectivity index (χ2v) is 3.37. The summed E-state index contributed by atoms with van der Waals surface area (Å²) in [5.74, 6) is -2.94. The lowest BCUT2D eigenvalue weighted by atomic mass is 10.2. The number of halogens is 3. The standard InChI is InChI=1S/C8H12N2O2.C2HF3O2/c1-10-6-9-5-7(10)3-4-8(11)12-2;3-2(4,5)1(6)7/h5-6H,3-4H2,1-2H3;(H,6,7). The minimum atomic E-state index is -5.08. The van der Waals surface area contributed by atoms with E-state index in [1.807, 2.05) is 11.6 Å². The van der Waals surface area contributed by atoms with Crippen molar-refractivity contribution in [1.82, 2.24) is 9.55 Å². The van der Waals surface area contributed by atoms with E-state index in [-0.39, 0.29) is 5.97 Å². The molecular weight excluding hydrogens is 269 g/mol. The molecule has 1 aromatic rings. The molecule has 0 bridgehead atoms. The highest BCUT2D eigenvalue weighted by Crippen LogP contribution is 2.13. The van der Waals surface area contributed by atoms with Gasteiger partial charge in [-0.25, -0.2) is 9.78 Å². The molecule has 0 aromatic carbocycles. The van der Waals surface area contributed by atoms with Crippen LogP contribution >= 0.6 is 0 Å². The third-order valence-electron chi connectivity index (χ3n) is 1.97. The van der Waals surface area contributed by atoms with Crippen molar-refractivity contribution in [2.24, 2.45) is 7.05 Å². The molecule has 108 valence electrons. The average Bonchev–Trinajstić information content (AvgIpc) is 2.71. The topological polar surface area (TPSA) is 81.4 Å². The summed E-state index contributed by atoms with van der Waals surface area (Å²) in [4.78, 5) is 23.6. The maximum atomic E-state index is 10.8. The Morgan fingerprint density at radius 3 is 2.32 bits per heavy atom. The lowest BCUT2D eigenvalue weighted by Crippen LogP contribution is -2.21. The molecule has 9 heteroatoms. The maximum absolute atomic E-state index is 10.8. The largest absolute Gasteiger partial charge is 0.490 e. The summed E-state index contributed by atoms with van der Waals surface area (Å²) in [6.45, 7) is 0. The Morgan fingerprint density at radius 2 is 2.00 bits per heavy atom. The van der Waals surface area contributed by atoms with Crippen LogP contribution in [0.4, 0.5) is 13.2 Å². The molecule has 0 fully saturated rings. The van der Waals surface area contributed by atoms with Crippen LogP contribution in [0.5, 0.6) is 0 Å². The smallest absolute Gasteiger partial charge is 0.475 e. The molecule has 1 heterocycles. The Hall–Kier alpha value is -2.06. The fourth-order valence-electron chi connectivity index (χ4n) is 0.958. The number of rotatable bonds is 3. The van der Waals surface area contributed by atoms with Crippen molar-refractivity contribution in [2.75, 3.05) is 7.11 Å². The molecule has 6 nitrogen and oxygen atoms in total. The van der Waals surface area contributed by atoms with Gasteiger partial charge in [0, 0.05) is 18.9 Å². The number of esters is 1. The molecule has 1 aromatic heterocycles. The van der Waals surface area contributed by atoms with Crippen LogP contribution in [0.3, 0.4) is 0 Å². The molecule has 0 atom stereocenters. The number of carbonyl (C=O) groups excluding carboxylic acids is 1. The Labute approximate surface area is 106 Å². The molecular formula is C10H13F3N2O4. The molecule has 0 aliphatic carbocycles. The van der Waals surface area contributed by atoms with Crippen molar-refractivity contribution in [3.63, 3.8) is 0 Å². The molecule has 0 saturated heterocycles. The van der Waals surface area contributed by atoms with E-state index in [1.165, 1.54) is 7.11 Å². The number of aliphatic carboxylic acids is 1. The number of aryl methyl sites for hydroxylation is 2. The van der Waals surface area contributed by atoms with Gasteiger partial charge in [-0.1, -0.05) is 0 Å². The number of aromatic nitrogens is 2. The van der Waals surface area contributed by atoms with E-state index < -0.39 is 12.1 Å². The summed E-state index contributed by atoms with van der Waals surface area (Å²) in [6.07, 6.45) is -0.519. The van der Waals surface area contributed by atoms with Gasteiger partial charge in [0.15, 0.2) is 0 Å². The quantitative estimate of drug-likeness (QED) is 0.841. The average molecular weight is 282 g/mol. The molecule has 1 rings (SSSR count).